The number of hydrogen-bond acceptors (Lipinski definition) is 4. The number of aromatic nitrogens is 1. The molecule has 0 radical (unpaired) electrons. The van der Waals surface area contributed by atoms with E-state index in [1.807, 2.05) is 6.07 Å². The molecule has 0 bridgehead atoms. The molecule has 0 saturated carbocycles. The van der Waals surface area contributed by atoms with Gasteiger partial charge in [-0.25, -0.2) is 0 Å². The van der Waals surface area contributed by atoms with Gasteiger partial charge >= 0.3 is 4.87 Å². The van der Waals surface area contributed by atoms with Gasteiger partial charge in [0, 0.05) is 12.2 Å². The predicted octanol–water partition coefficient (Wildman–Crippen LogP) is 3.09. The fraction of sp³-hybridized carbons (Fsp3) is 0.0667. The molecule has 21 heavy (non-hydrogen) atoms. The molecule has 3 rings (SSSR count). The molecule has 0 spiro atoms. The highest BCUT2D eigenvalue weighted by Gasteiger charge is 2.11. The van der Waals surface area contributed by atoms with E-state index in [9.17, 15) is 9.59 Å². The first-order valence-corrected chi connectivity index (χ1v) is 7.10. The second-order valence-electron chi connectivity index (χ2n) is 4.38. The summed E-state index contributed by atoms with van der Waals surface area (Å²) in [5, 5.41) is 2.74. The number of anilines is 1. The lowest BCUT2D eigenvalue weighted by Gasteiger charge is -2.04. The zero-order valence-electron chi connectivity index (χ0n) is 11.0. The maximum Gasteiger partial charge on any atom is 0.308 e. The summed E-state index contributed by atoms with van der Waals surface area (Å²) in [4.78, 5) is 23.7. The van der Waals surface area contributed by atoms with Crippen molar-refractivity contribution < 1.29 is 9.21 Å². The number of hydrogen-bond donors (Lipinski definition) is 1. The molecule has 0 aliphatic rings. The molecule has 1 amide bonds. The number of benzene rings is 1. The number of amides is 1. The molecule has 106 valence electrons. The first-order valence-electron chi connectivity index (χ1n) is 6.28. The van der Waals surface area contributed by atoms with E-state index in [1.165, 1.54) is 6.26 Å². The normalized spacial score (nSPS) is 10.7. The molecule has 1 aromatic carbocycles. The number of rotatable bonds is 4. The molecule has 0 saturated heterocycles. The molecule has 0 aliphatic heterocycles. The molecular weight excluding hydrogens is 288 g/mol. The second-order valence-corrected chi connectivity index (χ2v) is 5.37. The van der Waals surface area contributed by atoms with Crippen LogP contribution in [0.15, 0.2) is 58.5 Å². The van der Waals surface area contributed by atoms with Crippen molar-refractivity contribution in [1.29, 1.82) is 0 Å². The zero-order chi connectivity index (χ0) is 14.8. The number of carbonyl (C=O) groups excluding carboxylic acids is 1. The van der Waals surface area contributed by atoms with Crippen molar-refractivity contribution >= 4 is 33.1 Å². The van der Waals surface area contributed by atoms with Crippen molar-refractivity contribution in [3.63, 3.8) is 0 Å². The Morgan fingerprint density at radius 3 is 3.00 bits per heavy atom. The maximum atomic E-state index is 11.9. The van der Waals surface area contributed by atoms with Gasteiger partial charge in [0.1, 0.15) is 0 Å². The second kappa shape index (κ2) is 5.41. The van der Waals surface area contributed by atoms with Crippen molar-refractivity contribution in [2.45, 2.75) is 6.54 Å². The van der Waals surface area contributed by atoms with E-state index in [0.29, 0.717) is 12.2 Å². The van der Waals surface area contributed by atoms with Crippen LogP contribution >= 0.6 is 11.3 Å². The van der Waals surface area contributed by atoms with Gasteiger partial charge in [0.25, 0.3) is 5.91 Å². The third-order valence-corrected chi connectivity index (χ3v) is 3.92. The van der Waals surface area contributed by atoms with Crippen LogP contribution in [-0.2, 0) is 6.54 Å². The third kappa shape index (κ3) is 2.53. The van der Waals surface area contributed by atoms with Gasteiger partial charge in [-0.1, -0.05) is 17.4 Å². The van der Waals surface area contributed by atoms with E-state index < -0.39 is 0 Å². The number of thiazole rings is 1. The number of nitrogens with zero attached hydrogens (tertiary/aromatic N) is 1. The zero-order valence-corrected chi connectivity index (χ0v) is 11.9. The van der Waals surface area contributed by atoms with E-state index in [4.69, 9.17) is 4.42 Å². The van der Waals surface area contributed by atoms with E-state index >= 15 is 0 Å². The third-order valence-electron chi connectivity index (χ3n) is 2.98. The molecule has 0 unspecified atom stereocenters. The van der Waals surface area contributed by atoms with Crippen LogP contribution in [0.5, 0.6) is 0 Å². The van der Waals surface area contributed by atoms with Crippen molar-refractivity contribution in [2.75, 3.05) is 5.32 Å². The minimum atomic E-state index is -0.322. The quantitative estimate of drug-likeness (QED) is 0.753. The van der Waals surface area contributed by atoms with Gasteiger partial charge in [-0.2, -0.15) is 0 Å². The number of fused-ring (bicyclic) bond motifs is 1. The molecule has 0 aliphatic carbocycles. The Hall–Kier alpha value is -2.60. The monoisotopic (exact) mass is 300 g/mol. The highest BCUT2D eigenvalue weighted by molar-refractivity contribution is 7.16. The van der Waals surface area contributed by atoms with Crippen LogP contribution in [0.3, 0.4) is 0 Å². The van der Waals surface area contributed by atoms with Crippen molar-refractivity contribution in [2.24, 2.45) is 0 Å². The van der Waals surface area contributed by atoms with Gasteiger partial charge in [-0.3, -0.25) is 14.2 Å². The molecule has 3 aromatic rings. The van der Waals surface area contributed by atoms with Crippen LogP contribution in [0.2, 0.25) is 0 Å². The summed E-state index contributed by atoms with van der Waals surface area (Å²) < 4.78 is 7.50. The first kappa shape index (κ1) is 13.4. The number of allylic oxidation sites excluding steroid dienone is 1. The molecule has 0 fully saturated rings. The lowest BCUT2D eigenvalue weighted by molar-refractivity contribution is 0.0996. The number of furan rings is 1. The number of carbonyl (C=O) groups is 1. The van der Waals surface area contributed by atoms with Crippen LogP contribution < -0.4 is 10.2 Å². The highest BCUT2D eigenvalue weighted by Crippen LogP contribution is 2.22. The van der Waals surface area contributed by atoms with E-state index in [0.717, 1.165) is 21.6 Å². The summed E-state index contributed by atoms with van der Waals surface area (Å²) in [6, 6.07) is 8.59. The minimum Gasteiger partial charge on any atom is -0.459 e. The summed E-state index contributed by atoms with van der Waals surface area (Å²) in [5.41, 5.74) is 1.46. The number of nitrogens with one attached hydrogen (secondary N) is 1. The molecule has 5 nitrogen and oxygen atoms in total. The van der Waals surface area contributed by atoms with Gasteiger partial charge in [0.05, 0.1) is 16.5 Å². The van der Waals surface area contributed by atoms with Crippen LogP contribution in [-0.4, -0.2) is 10.5 Å². The van der Waals surface area contributed by atoms with Gasteiger partial charge in [0.15, 0.2) is 5.76 Å². The molecule has 6 heteroatoms. The van der Waals surface area contributed by atoms with Gasteiger partial charge < -0.3 is 9.73 Å². The van der Waals surface area contributed by atoms with Crippen LogP contribution in [0.4, 0.5) is 5.69 Å². The maximum absolute atomic E-state index is 11.9. The van der Waals surface area contributed by atoms with E-state index in [2.05, 4.69) is 11.9 Å². The summed E-state index contributed by atoms with van der Waals surface area (Å²) in [6.07, 6.45) is 3.12. The lowest BCUT2D eigenvalue weighted by atomic mass is 10.3. The predicted molar refractivity (Wildman–Crippen MR) is 82.9 cm³/mol. The molecule has 1 N–H and O–H groups in total. The van der Waals surface area contributed by atoms with E-state index in [-0.39, 0.29) is 16.5 Å². The summed E-state index contributed by atoms with van der Waals surface area (Å²) >= 11 is 1.14. The summed E-state index contributed by atoms with van der Waals surface area (Å²) in [6.45, 7) is 4.12. The Bertz CT molecular complexity index is 859. The Morgan fingerprint density at radius 2 is 2.29 bits per heavy atom. The standard InChI is InChI=1S/C15H12N2O3S/c1-2-7-17-11-6-5-10(9-13(11)21-15(17)19)16-14(18)12-4-3-8-20-12/h2-6,8-9H,1,7H2,(H,16,18). The molecular formula is C15H12N2O3S. The fourth-order valence-corrected chi connectivity index (χ4v) is 2.99. The van der Waals surface area contributed by atoms with Crippen molar-refractivity contribution in [3.05, 3.63) is 64.7 Å². The summed E-state index contributed by atoms with van der Waals surface area (Å²) in [7, 11) is 0. The van der Waals surface area contributed by atoms with Gasteiger partial charge in [-0.05, 0) is 30.3 Å². The smallest absolute Gasteiger partial charge is 0.308 e. The fourth-order valence-electron chi connectivity index (χ4n) is 2.05. The average Bonchev–Trinajstić information content (AvgIpc) is 3.08. The highest BCUT2D eigenvalue weighted by atomic mass is 32.1. The Kier molecular flexibility index (Phi) is 3.45. The van der Waals surface area contributed by atoms with Gasteiger partial charge in [0.2, 0.25) is 0 Å². The summed E-state index contributed by atoms with van der Waals surface area (Å²) in [5.74, 6) is -0.0790. The van der Waals surface area contributed by atoms with Crippen LogP contribution in [0, 0.1) is 0 Å². The topological polar surface area (TPSA) is 64.2 Å². The average molecular weight is 300 g/mol. The Labute approximate surface area is 124 Å². The van der Waals surface area contributed by atoms with Crippen molar-refractivity contribution in [1.82, 2.24) is 4.57 Å². The lowest BCUT2D eigenvalue weighted by Crippen LogP contribution is -2.11. The van der Waals surface area contributed by atoms with Crippen molar-refractivity contribution in [3.8, 4) is 0 Å². The Morgan fingerprint density at radius 1 is 1.43 bits per heavy atom. The van der Waals surface area contributed by atoms with Gasteiger partial charge in [-0.15, -0.1) is 6.58 Å². The van der Waals surface area contributed by atoms with E-state index in [1.54, 1.807) is 34.9 Å². The largest absolute Gasteiger partial charge is 0.459 e. The first-order chi connectivity index (χ1) is 10.2. The van der Waals surface area contributed by atoms with Crippen LogP contribution in [0.25, 0.3) is 10.2 Å². The molecule has 0 atom stereocenters. The molecule has 2 heterocycles. The minimum absolute atomic E-state index is 0.0422. The Balaban J connectivity index is 1.93. The van der Waals surface area contributed by atoms with Crippen LogP contribution in [0.1, 0.15) is 10.6 Å². The SMILES string of the molecule is C=CCn1c(=O)sc2cc(NC(=O)c3ccco3)ccc21. The molecule has 2 aromatic heterocycles.